The van der Waals surface area contributed by atoms with E-state index in [1.165, 1.54) is 11.8 Å². The third-order valence-corrected chi connectivity index (χ3v) is 6.41. The number of carbonyl (C=O) groups is 1. The maximum atomic E-state index is 12.5. The molecular weight excluding hydrogens is 396 g/mol. The van der Waals surface area contributed by atoms with Crippen LogP contribution in [0.15, 0.2) is 45.5 Å². The number of thiophene rings is 1. The maximum Gasteiger partial charge on any atom is 0.233 e. The van der Waals surface area contributed by atoms with E-state index in [-0.39, 0.29) is 12.0 Å². The highest BCUT2D eigenvalue weighted by Crippen LogP contribution is 2.29. The Hall–Kier alpha value is -2.10. The van der Waals surface area contributed by atoms with Gasteiger partial charge in [-0.25, -0.2) is 0 Å². The molecule has 1 aliphatic heterocycles. The van der Waals surface area contributed by atoms with Crippen LogP contribution < -0.4 is 0 Å². The van der Waals surface area contributed by atoms with E-state index < -0.39 is 0 Å². The van der Waals surface area contributed by atoms with Crippen molar-refractivity contribution in [1.29, 1.82) is 0 Å². The zero-order valence-electron chi connectivity index (χ0n) is 15.6. The molecule has 0 spiro atoms. The van der Waals surface area contributed by atoms with Crippen LogP contribution in [0.4, 0.5) is 0 Å². The molecule has 0 aliphatic carbocycles. The Kier molecular flexibility index (Phi) is 6.13. The van der Waals surface area contributed by atoms with Gasteiger partial charge in [0.2, 0.25) is 5.91 Å². The minimum Gasteiger partial charge on any atom is -0.467 e. The van der Waals surface area contributed by atoms with Gasteiger partial charge < -0.3 is 14.1 Å². The van der Waals surface area contributed by atoms with Gasteiger partial charge in [-0.15, -0.1) is 21.5 Å². The van der Waals surface area contributed by atoms with Crippen molar-refractivity contribution < 1.29 is 13.9 Å². The summed E-state index contributed by atoms with van der Waals surface area (Å²) in [6.07, 6.45) is 3.91. The average molecular weight is 419 g/mol. The van der Waals surface area contributed by atoms with E-state index in [0.717, 1.165) is 41.1 Å². The van der Waals surface area contributed by atoms with Crippen LogP contribution in [0.3, 0.4) is 0 Å². The van der Waals surface area contributed by atoms with Crippen molar-refractivity contribution in [3.05, 3.63) is 41.7 Å². The summed E-state index contributed by atoms with van der Waals surface area (Å²) < 4.78 is 13.2. The molecule has 3 aromatic heterocycles. The molecule has 1 fully saturated rings. The van der Waals surface area contributed by atoms with Crippen LogP contribution in [0, 0.1) is 0 Å². The van der Waals surface area contributed by atoms with Gasteiger partial charge in [0, 0.05) is 13.7 Å². The number of ether oxygens (including phenoxy) is 1. The molecule has 148 valence electrons. The highest BCUT2D eigenvalue weighted by Gasteiger charge is 2.23. The predicted molar refractivity (Wildman–Crippen MR) is 108 cm³/mol. The largest absolute Gasteiger partial charge is 0.467 e. The zero-order chi connectivity index (χ0) is 19.3. The molecule has 0 saturated carbocycles. The van der Waals surface area contributed by atoms with Crippen LogP contribution in [0.5, 0.6) is 0 Å². The summed E-state index contributed by atoms with van der Waals surface area (Å²) in [6.45, 7) is 1.97. The van der Waals surface area contributed by atoms with Gasteiger partial charge in [-0.3, -0.25) is 9.36 Å². The summed E-state index contributed by atoms with van der Waals surface area (Å²) in [6, 6.07) is 7.73. The average Bonchev–Trinajstić information content (AvgIpc) is 3.47. The Bertz CT molecular complexity index is 887. The standard InChI is InChI=1S/C19H22N4O3S2/c1-22(11-14-5-2-8-25-14)17(24)13-28-19-21-20-18(16-7-4-10-27-16)23(19)12-15-6-3-9-26-15/h2,4-5,7-8,10,15H,3,6,9,11-13H2,1H3. The molecule has 7 nitrogen and oxygen atoms in total. The summed E-state index contributed by atoms with van der Waals surface area (Å²) in [5.41, 5.74) is 0. The first-order chi connectivity index (χ1) is 13.7. The zero-order valence-corrected chi connectivity index (χ0v) is 17.2. The molecule has 0 radical (unpaired) electrons. The molecule has 1 atom stereocenters. The minimum absolute atomic E-state index is 0.0192. The third-order valence-electron chi connectivity index (χ3n) is 4.59. The molecule has 0 aromatic carbocycles. The van der Waals surface area contributed by atoms with Gasteiger partial charge in [0.05, 0.1) is 36.1 Å². The van der Waals surface area contributed by atoms with Crippen molar-refractivity contribution >= 4 is 29.0 Å². The van der Waals surface area contributed by atoms with Crippen molar-refractivity contribution in [2.24, 2.45) is 0 Å². The van der Waals surface area contributed by atoms with Gasteiger partial charge in [0.1, 0.15) is 5.76 Å². The van der Waals surface area contributed by atoms with Crippen molar-refractivity contribution in [2.75, 3.05) is 19.4 Å². The van der Waals surface area contributed by atoms with Crippen molar-refractivity contribution in [3.8, 4) is 10.7 Å². The molecule has 1 amide bonds. The lowest BCUT2D eigenvalue weighted by molar-refractivity contribution is -0.127. The lowest BCUT2D eigenvalue weighted by Crippen LogP contribution is -2.27. The number of carbonyl (C=O) groups excluding carboxylic acids is 1. The third kappa shape index (κ3) is 4.48. The van der Waals surface area contributed by atoms with Crippen LogP contribution in [0.25, 0.3) is 10.7 Å². The molecule has 4 rings (SSSR count). The fourth-order valence-electron chi connectivity index (χ4n) is 3.10. The molecule has 0 N–H and O–H groups in total. The van der Waals surface area contributed by atoms with Crippen molar-refractivity contribution in [3.63, 3.8) is 0 Å². The van der Waals surface area contributed by atoms with Gasteiger partial charge in [0.25, 0.3) is 0 Å². The first-order valence-electron chi connectivity index (χ1n) is 9.18. The monoisotopic (exact) mass is 418 g/mol. The molecular formula is C19H22N4O3S2. The lowest BCUT2D eigenvalue weighted by Gasteiger charge is -2.16. The van der Waals surface area contributed by atoms with E-state index in [0.29, 0.717) is 18.8 Å². The van der Waals surface area contributed by atoms with Crippen molar-refractivity contribution in [2.45, 2.75) is 37.2 Å². The topological polar surface area (TPSA) is 73.4 Å². The summed E-state index contributed by atoms with van der Waals surface area (Å²) in [5, 5.41) is 11.5. The summed E-state index contributed by atoms with van der Waals surface area (Å²) in [4.78, 5) is 15.2. The molecule has 1 aliphatic rings. The summed E-state index contributed by atoms with van der Waals surface area (Å²) in [7, 11) is 1.78. The highest BCUT2D eigenvalue weighted by atomic mass is 32.2. The molecule has 1 unspecified atom stereocenters. The smallest absolute Gasteiger partial charge is 0.233 e. The molecule has 3 aromatic rings. The summed E-state index contributed by atoms with van der Waals surface area (Å²) >= 11 is 3.05. The van der Waals surface area contributed by atoms with Crippen LogP contribution in [0.1, 0.15) is 18.6 Å². The number of nitrogens with zero attached hydrogens (tertiary/aromatic N) is 4. The summed E-state index contributed by atoms with van der Waals surface area (Å²) in [5.74, 6) is 1.92. The molecule has 4 heterocycles. The normalized spacial score (nSPS) is 16.5. The van der Waals surface area contributed by atoms with Gasteiger partial charge in [0.15, 0.2) is 11.0 Å². The van der Waals surface area contributed by atoms with Crippen LogP contribution in [0.2, 0.25) is 0 Å². The highest BCUT2D eigenvalue weighted by molar-refractivity contribution is 7.99. The van der Waals surface area contributed by atoms with Gasteiger partial charge >= 0.3 is 0 Å². The lowest BCUT2D eigenvalue weighted by atomic mass is 10.2. The molecule has 28 heavy (non-hydrogen) atoms. The molecule has 0 bridgehead atoms. The number of amides is 1. The number of aromatic nitrogens is 3. The van der Waals surface area contributed by atoms with Gasteiger partial charge in [-0.1, -0.05) is 17.8 Å². The second kappa shape index (κ2) is 8.93. The number of hydrogen-bond donors (Lipinski definition) is 0. The number of hydrogen-bond acceptors (Lipinski definition) is 7. The maximum absolute atomic E-state index is 12.5. The van der Waals surface area contributed by atoms with Crippen LogP contribution >= 0.6 is 23.1 Å². The molecule has 1 saturated heterocycles. The SMILES string of the molecule is CN(Cc1ccco1)C(=O)CSc1nnc(-c2cccs2)n1CC1CCCO1. The Balaban J connectivity index is 1.45. The van der Waals surface area contributed by atoms with E-state index >= 15 is 0 Å². The fourth-order valence-corrected chi connectivity index (χ4v) is 4.71. The predicted octanol–water partition coefficient (Wildman–Crippen LogP) is 3.53. The van der Waals surface area contributed by atoms with Crippen molar-refractivity contribution in [1.82, 2.24) is 19.7 Å². The van der Waals surface area contributed by atoms with E-state index in [1.54, 1.807) is 29.5 Å². The Morgan fingerprint density at radius 3 is 3.04 bits per heavy atom. The van der Waals surface area contributed by atoms with E-state index in [4.69, 9.17) is 9.15 Å². The van der Waals surface area contributed by atoms with E-state index in [1.807, 2.05) is 29.6 Å². The second-order valence-electron chi connectivity index (χ2n) is 6.65. The van der Waals surface area contributed by atoms with Gasteiger partial charge in [-0.05, 0) is 36.4 Å². The van der Waals surface area contributed by atoms with Crippen LogP contribution in [-0.2, 0) is 22.6 Å². The fraction of sp³-hybridized carbons (Fsp3) is 0.421. The van der Waals surface area contributed by atoms with Gasteiger partial charge in [-0.2, -0.15) is 0 Å². The van der Waals surface area contributed by atoms with Crippen LogP contribution in [-0.4, -0.2) is 51.1 Å². The Morgan fingerprint density at radius 1 is 1.39 bits per heavy atom. The first kappa shape index (κ1) is 19.2. The number of furan rings is 1. The first-order valence-corrected chi connectivity index (χ1v) is 11.0. The Morgan fingerprint density at radius 2 is 2.32 bits per heavy atom. The molecule has 9 heteroatoms. The Labute approximate surface area is 171 Å². The van der Waals surface area contributed by atoms with E-state index in [2.05, 4.69) is 14.8 Å². The second-order valence-corrected chi connectivity index (χ2v) is 8.54. The van der Waals surface area contributed by atoms with E-state index in [9.17, 15) is 4.79 Å². The quantitative estimate of drug-likeness (QED) is 0.521. The minimum atomic E-state index is 0.0192. The number of rotatable bonds is 8. The number of thioether (sulfide) groups is 1.